The molecule has 4 nitrogen and oxygen atoms in total. The molecule has 0 bridgehead atoms. The van der Waals surface area contributed by atoms with E-state index < -0.39 is 5.92 Å². The van der Waals surface area contributed by atoms with Crippen LogP contribution < -0.4 is 0 Å². The highest BCUT2D eigenvalue weighted by Crippen LogP contribution is 2.14. The molecule has 0 aliphatic carbocycles. The summed E-state index contributed by atoms with van der Waals surface area (Å²) in [5.74, 6) is -0.0797. The lowest BCUT2D eigenvalue weighted by atomic mass is 9.99. The van der Waals surface area contributed by atoms with Crippen LogP contribution in [0.4, 0.5) is 0 Å². The smallest absolute Gasteiger partial charge is 0.314 e. The fourth-order valence-electron chi connectivity index (χ4n) is 2.26. The van der Waals surface area contributed by atoms with Crippen molar-refractivity contribution in [2.75, 3.05) is 0 Å². The van der Waals surface area contributed by atoms with E-state index in [2.05, 4.69) is 19.0 Å². The molecule has 0 saturated heterocycles. The summed E-state index contributed by atoms with van der Waals surface area (Å²) < 4.78 is 5.30. The van der Waals surface area contributed by atoms with E-state index in [-0.39, 0.29) is 12.6 Å². The zero-order valence-corrected chi connectivity index (χ0v) is 13.6. The molecule has 4 heteroatoms. The van der Waals surface area contributed by atoms with Gasteiger partial charge in [-0.25, -0.2) is 0 Å². The molecule has 0 aromatic heterocycles. The molecule has 0 saturated carbocycles. The number of benzene rings is 1. The zero-order chi connectivity index (χ0) is 16.2. The number of ether oxygens (including phenoxy) is 1. The maximum Gasteiger partial charge on any atom is 0.314 e. The molecule has 0 aliphatic heterocycles. The van der Waals surface area contributed by atoms with Gasteiger partial charge in [-0.05, 0) is 17.9 Å². The Hall–Kier alpha value is -1.84. The average Bonchev–Trinajstić information content (AvgIpc) is 2.52. The van der Waals surface area contributed by atoms with Crippen molar-refractivity contribution in [3.63, 3.8) is 0 Å². The third kappa shape index (κ3) is 7.81. The van der Waals surface area contributed by atoms with Gasteiger partial charge in [0.25, 0.3) is 0 Å². The summed E-state index contributed by atoms with van der Waals surface area (Å²) in [5.41, 5.74) is 0.951. The van der Waals surface area contributed by atoms with E-state index in [1.165, 1.54) is 19.1 Å². The molecule has 0 radical (unpaired) electrons. The Morgan fingerprint density at radius 3 is 2.50 bits per heavy atom. The van der Waals surface area contributed by atoms with Crippen LogP contribution in [0.25, 0.3) is 0 Å². The third-order valence-electron chi connectivity index (χ3n) is 3.57. The van der Waals surface area contributed by atoms with Crippen LogP contribution in [-0.4, -0.2) is 17.4 Å². The highest BCUT2D eigenvalue weighted by molar-refractivity contribution is 5.89. The first-order valence-corrected chi connectivity index (χ1v) is 8.01. The first kappa shape index (κ1) is 18.2. The molecule has 0 heterocycles. The van der Waals surface area contributed by atoms with Gasteiger partial charge < -0.3 is 9.94 Å². The van der Waals surface area contributed by atoms with Gasteiger partial charge in [0.05, 0.1) is 12.1 Å². The fraction of sp³-hybridized carbons (Fsp3) is 0.556. The van der Waals surface area contributed by atoms with Crippen molar-refractivity contribution in [1.82, 2.24) is 0 Å². The number of carbonyl (C=O) groups excluding carboxylic acids is 1. The Labute approximate surface area is 133 Å². The Morgan fingerprint density at radius 2 is 1.86 bits per heavy atom. The topological polar surface area (TPSA) is 58.9 Å². The zero-order valence-electron chi connectivity index (χ0n) is 13.6. The monoisotopic (exact) mass is 305 g/mol. The minimum Gasteiger partial charge on any atom is -0.460 e. The van der Waals surface area contributed by atoms with E-state index in [0.717, 1.165) is 18.4 Å². The van der Waals surface area contributed by atoms with Crippen LogP contribution in [-0.2, 0) is 16.1 Å². The molecular formula is C18H27NO3. The van der Waals surface area contributed by atoms with Crippen molar-refractivity contribution in [2.45, 2.75) is 52.6 Å². The van der Waals surface area contributed by atoms with Crippen molar-refractivity contribution >= 4 is 12.2 Å². The lowest BCUT2D eigenvalue weighted by molar-refractivity contribution is -0.147. The Bertz CT molecular complexity index is 443. The lowest BCUT2D eigenvalue weighted by Crippen LogP contribution is -2.19. The summed E-state index contributed by atoms with van der Waals surface area (Å²) >= 11 is 0. The van der Waals surface area contributed by atoms with Crippen LogP contribution in [0.15, 0.2) is 35.5 Å². The minimum absolute atomic E-state index is 0.253. The van der Waals surface area contributed by atoms with E-state index in [0.29, 0.717) is 12.3 Å². The molecule has 1 rings (SSSR count). The number of esters is 1. The van der Waals surface area contributed by atoms with Gasteiger partial charge in [-0.2, -0.15) is 0 Å². The van der Waals surface area contributed by atoms with E-state index in [1.807, 2.05) is 30.3 Å². The van der Waals surface area contributed by atoms with E-state index >= 15 is 0 Å². The van der Waals surface area contributed by atoms with Gasteiger partial charge in [-0.15, -0.1) is 5.16 Å². The summed E-state index contributed by atoms with van der Waals surface area (Å²) in [7, 11) is 0. The van der Waals surface area contributed by atoms with Crippen LogP contribution >= 0.6 is 0 Å². The molecule has 1 aromatic rings. The SMILES string of the molecule is CC(C)CCCCCC(/C=N\O)C(=O)OCc1ccccc1. The molecule has 0 aliphatic rings. The van der Waals surface area contributed by atoms with Crippen LogP contribution in [0.3, 0.4) is 0 Å². The number of rotatable bonds is 10. The maximum atomic E-state index is 12.1. The number of nitrogens with zero attached hydrogens (tertiary/aromatic N) is 1. The largest absolute Gasteiger partial charge is 0.460 e. The summed E-state index contributed by atoms with van der Waals surface area (Å²) in [4.78, 5) is 12.1. The number of hydrogen-bond donors (Lipinski definition) is 1. The highest BCUT2D eigenvalue weighted by atomic mass is 16.5. The minimum atomic E-state index is -0.465. The molecule has 122 valence electrons. The second-order valence-corrected chi connectivity index (χ2v) is 6.00. The Morgan fingerprint density at radius 1 is 1.18 bits per heavy atom. The summed E-state index contributed by atoms with van der Waals surface area (Å²) in [6.45, 7) is 4.67. The number of carbonyl (C=O) groups is 1. The van der Waals surface area contributed by atoms with Crippen LogP contribution in [0, 0.1) is 11.8 Å². The molecule has 1 aromatic carbocycles. The van der Waals surface area contributed by atoms with E-state index in [1.54, 1.807) is 0 Å². The number of hydrogen-bond acceptors (Lipinski definition) is 4. The Kier molecular flexibility index (Phi) is 8.96. The molecule has 0 amide bonds. The summed E-state index contributed by atoms with van der Waals surface area (Å²) in [6.07, 6.45) is 6.33. The summed E-state index contributed by atoms with van der Waals surface area (Å²) in [6, 6.07) is 9.56. The van der Waals surface area contributed by atoms with Gasteiger partial charge in [0.2, 0.25) is 0 Å². The van der Waals surface area contributed by atoms with Gasteiger partial charge in [0.1, 0.15) is 6.61 Å². The van der Waals surface area contributed by atoms with Gasteiger partial charge in [-0.3, -0.25) is 4.79 Å². The highest BCUT2D eigenvalue weighted by Gasteiger charge is 2.18. The first-order valence-electron chi connectivity index (χ1n) is 8.01. The van der Waals surface area contributed by atoms with Crippen LogP contribution in [0.2, 0.25) is 0 Å². The van der Waals surface area contributed by atoms with E-state index in [9.17, 15) is 4.79 Å². The van der Waals surface area contributed by atoms with Crippen molar-refractivity contribution < 1.29 is 14.7 Å². The van der Waals surface area contributed by atoms with Crippen molar-refractivity contribution in [3.8, 4) is 0 Å². The predicted octanol–water partition coefficient (Wildman–Crippen LogP) is 4.41. The van der Waals surface area contributed by atoms with Gasteiger partial charge in [0, 0.05) is 0 Å². The fourth-order valence-corrected chi connectivity index (χ4v) is 2.26. The summed E-state index contributed by atoms with van der Waals surface area (Å²) in [5, 5.41) is 11.7. The standard InChI is InChI=1S/C18H27NO3/c1-15(2)9-5-3-8-12-17(13-19-21)18(20)22-14-16-10-6-4-7-11-16/h4,6-7,10-11,13,15,17,21H,3,5,8-9,12,14H2,1-2H3/b19-13-. The molecule has 1 unspecified atom stereocenters. The van der Waals surface area contributed by atoms with Crippen LogP contribution in [0.5, 0.6) is 0 Å². The van der Waals surface area contributed by atoms with Crippen molar-refractivity contribution in [1.29, 1.82) is 0 Å². The molecule has 1 atom stereocenters. The number of oxime groups is 1. The lowest BCUT2D eigenvalue weighted by Gasteiger charge is -2.12. The molecule has 0 fully saturated rings. The van der Waals surface area contributed by atoms with Gasteiger partial charge in [0.15, 0.2) is 0 Å². The number of unbranched alkanes of at least 4 members (excludes halogenated alkanes) is 2. The average molecular weight is 305 g/mol. The normalized spacial score (nSPS) is 12.7. The van der Waals surface area contributed by atoms with Crippen molar-refractivity contribution in [2.24, 2.45) is 17.0 Å². The van der Waals surface area contributed by atoms with Gasteiger partial charge >= 0.3 is 5.97 Å². The van der Waals surface area contributed by atoms with Crippen molar-refractivity contribution in [3.05, 3.63) is 35.9 Å². The first-order chi connectivity index (χ1) is 10.6. The van der Waals surface area contributed by atoms with Crippen LogP contribution in [0.1, 0.15) is 51.5 Å². The second kappa shape index (κ2) is 10.8. The molecule has 1 N–H and O–H groups in total. The Balaban J connectivity index is 2.33. The molecule has 22 heavy (non-hydrogen) atoms. The third-order valence-corrected chi connectivity index (χ3v) is 3.57. The maximum absolute atomic E-state index is 12.1. The van der Waals surface area contributed by atoms with Gasteiger partial charge in [-0.1, -0.05) is 69.9 Å². The van der Waals surface area contributed by atoms with E-state index in [4.69, 9.17) is 9.94 Å². The predicted molar refractivity (Wildman–Crippen MR) is 87.9 cm³/mol. The quantitative estimate of drug-likeness (QED) is 0.229. The molecular weight excluding hydrogens is 278 g/mol. The molecule has 0 spiro atoms. The second-order valence-electron chi connectivity index (χ2n) is 6.00.